The van der Waals surface area contributed by atoms with E-state index in [2.05, 4.69) is 0 Å². The topological polar surface area (TPSA) is 130 Å². The molecular weight excluding hydrogens is 250 g/mol. The number of aliphatic hydroxyl groups is 1. The lowest BCUT2D eigenvalue weighted by atomic mass is 10.0. The number of likely N-dealkylation sites (tertiary alicyclic amines) is 1. The fraction of sp³-hybridized carbons (Fsp3) is 0.833. The van der Waals surface area contributed by atoms with E-state index in [-0.39, 0.29) is 0 Å². The predicted molar refractivity (Wildman–Crippen MR) is 69.3 cm³/mol. The van der Waals surface area contributed by atoms with E-state index in [4.69, 9.17) is 16.6 Å². The van der Waals surface area contributed by atoms with Crippen LogP contribution in [0.1, 0.15) is 32.1 Å². The number of rotatable bonds is 7. The summed E-state index contributed by atoms with van der Waals surface area (Å²) in [6.45, 7) is 0.909. The molecule has 1 amide bonds. The van der Waals surface area contributed by atoms with Crippen LogP contribution in [0.2, 0.25) is 0 Å². The Balaban J connectivity index is 2.53. The number of carbonyl (C=O) groups excluding carboxylic acids is 1. The Kier molecular flexibility index (Phi) is 6.20. The molecule has 6 N–H and O–H groups in total. The number of amides is 1. The lowest BCUT2D eigenvalue weighted by Crippen LogP contribution is -2.51. The first-order chi connectivity index (χ1) is 8.99. The highest BCUT2D eigenvalue weighted by Gasteiger charge is 2.38. The van der Waals surface area contributed by atoms with Gasteiger partial charge in [0, 0.05) is 12.6 Å². The van der Waals surface area contributed by atoms with Crippen molar-refractivity contribution in [1.82, 2.24) is 4.90 Å². The molecule has 1 heterocycles. The Morgan fingerprint density at radius 1 is 1.37 bits per heavy atom. The van der Waals surface area contributed by atoms with E-state index in [9.17, 15) is 14.7 Å². The molecule has 0 aromatic heterocycles. The Bertz CT molecular complexity index is 324. The van der Waals surface area contributed by atoms with Crippen LogP contribution in [-0.2, 0) is 9.59 Å². The molecule has 1 aliphatic rings. The average Bonchev–Trinajstić information content (AvgIpc) is 2.86. The summed E-state index contributed by atoms with van der Waals surface area (Å²) in [5.74, 6) is -1.61. The van der Waals surface area contributed by atoms with Gasteiger partial charge in [0.2, 0.25) is 0 Å². The number of hydrogen-bond donors (Lipinski definition) is 4. The molecule has 0 spiro atoms. The van der Waals surface area contributed by atoms with Crippen LogP contribution in [0.4, 0.5) is 0 Å². The van der Waals surface area contributed by atoms with E-state index in [1.165, 1.54) is 4.90 Å². The minimum atomic E-state index is -1.34. The maximum absolute atomic E-state index is 12.0. The van der Waals surface area contributed by atoms with Crippen molar-refractivity contribution in [3.8, 4) is 0 Å². The third-order valence-corrected chi connectivity index (χ3v) is 3.47. The smallest absolute Gasteiger partial charge is 0.326 e. The number of carboxylic acid groups (broad SMARTS) is 1. The van der Waals surface area contributed by atoms with Gasteiger partial charge in [0.1, 0.15) is 12.1 Å². The van der Waals surface area contributed by atoms with Crippen LogP contribution in [0.3, 0.4) is 0 Å². The summed E-state index contributed by atoms with van der Waals surface area (Å²) in [6, 6.07) is -1.51. The van der Waals surface area contributed by atoms with Crippen LogP contribution in [0.5, 0.6) is 0 Å². The molecule has 7 nitrogen and oxygen atoms in total. The largest absolute Gasteiger partial charge is 0.480 e. The molecule has 1 aliphatic heterocycles. The van der Waals surface area contributed by atoms with Crippen LogP contribution >= 0.6 is 0 Å². The molecule has 3 atom stereocenters. The van der Waals surface area contributed by atoms with Gasteiger partial charge in [-0.05, 0) is 32.2 Å². The van der Waals surface area contributed by atoms with E-state index in [0.717, 1.165) is 12.8 Å². The van der Waals surface area contributed by atoms with Crippen LogP contribution in [0.15, 0.2) is 0 Å². The van der Waals surface area contributed by atoms with E-state index in [0.29, 0.717) is 32.4 Å². The van der Waals surface area contributed by atoms with Crippen molar-refractivity contribution in [3.05, 3.63) is 0 Å². The minimum Gasteiger partial charge on any atom is -0.480 e. The highest BCUT2D eigenvalue weighted by Crippen LogP contribution is 2.19. The van der Waals surface area contributed by atoms with Crippen molar-refractivity contribution in [2.45, 2.75) is 50.3 Å². The van der Waals surface area contributed by atoms with Gasteiger partial charge in [-0.2, -0.15) is 0 Å². The van der Waals surface area contributed by atoms with Gasteiger partial charge in [-0.15, -0.1) is 0 Å². The molecule has 0 radical (unpaired) electrons. The highest BCUT2D eigenvalue weighted by molar-refractivity contribution is 5.87. The molecular formula is C12H23N3O4. The van der Waals surface area contributed by atoms with E-state index in [1.54, 1.807) is 0 Å². The molecule has 0 aliphatic carbocycles. The highest BCUT2D eigenvalue weighted by atomic mass is 16.4. The van der Waals surface area contributed by atoms with Gasteiger partial charge < -0.3 is 26.6 Å². The lowest BCUT2D eigenvalue weighted by Gasteiger charge is -2.26. The van der Waals surface area contributed by atoms with E-state index < -0.39 is 30.1 Å². The summed E-state index contributed by atoms with van der Waals surface area (Å²) in [6.07, 6.45) is 1.75. The SMILES string of the molecule is NCCCC[C@@H](N)[C@H](O)C(=O)N1CCC[C@H]1C(=O)O. The van der Waals surface area contributed by atoms with Crippen LogP contribution in [0.25, 0.3) is 0 Å². The van der Waals surface area contributed by atoms with Crippen molar-refractivity contribution < 1.29 is 19.8 Å². The Morgan fingerprint density at radius 3 is 2.63 bits per heavy atom. The molecule has 0 unspecified atom stereocenters. The molecule has 110 valence electrons. The Labute approximate surface area is 112 Å². The Morgan fingerprint density at radius 2 is 2.05 bits per heavy atom. The number of unbranched alkanes of at least 4 members (excludes halogenated alkanes) is 1. The third kappa shape index (κ3) is 4.15. The molecule has 0 saturated carbocycles. The maximum atomic E-state index is 12.0. The Hall–Kier alpha value is -1.18. The van der Waals surface area contributed by atoms with Gasteiger partial charge in [0.25, 0.3) is 5.91 Å². The van der Waals surface area contributed by atoms with Gasteiger partial charge in [0.15, 0.2) is 0 Å². The van der Waals surface area contributed by atoms with Gasteiger partial charge in [-0.1, -0.05) is 6.42 Å². The fourth-order valence-corrected chi connectivity index (χ4v) is 2.32. The number of nitrogens with two attached hydrogens (primary N) is 2. The van der Waals surface area contributed by atoms with Gasteiger partial charge in [-0.3, -0.25) is 4.79 Å². The first kappa shape index (κ1) is 15.9. The summed E-state index contributed by atoms with van der Waals surface area (Å²) >= 11 is 0. The normalized spacial score (nSPS) is 22.3. The molecule has 19 heavy (non-hydrogen) atoms. The average molecular weight is 273 g/mol. The molecule has 0 aromatic carbocycles. The number of nitrogens with zero attached hydrogens (tertiary/aromatic N) is 1. The van der Waals surface area contributed by atoms with Crippen LogP contribution < -0.4 is 11.5 Å². The molecule has 1 rings (SSSR count). The van der Waals surface area contributed by atoms with Crippen molar-refractivity contribution in [3.63, 3.8) is 0 Å². The molecule has 0 aromatic rings. The summed E-state index contributed by atoms with van der Waals surface area (Å²) < 4.78 is 0. The third-order valence-electron chi connectivity index (χ3n) is 3.47. The standard InChI is InChI=1S/C12H23N3O4/c13-6-2-1-4-8(14)10(16)11(17)15-7-3-5-9(15)12(18)19/h8-10,16H,1-7,13-14H2,(H,18,19)/t8-,9+,10+/m1/s1. The summed E-state index contributed by atoms with van der Waals surface area (Å²) in [5.41, 5.74) is 11.1. The number of aliphatic carboxylic acids is 1. The zero-order valence-electron chi connectivity index (χ0n) is 11.0. The lowest BCUT2D eigenvalue weighted by molar-refractivity contribution is -0.152. The summed E-state index contributed by atoms with van der Waals surface area (Å²) in [5, 5.41) is 18.9. The first-order valence-electron chi connectivity index (χ1n) is 6.66. The molecule has 7 heteroatoms. The fourth-order valence-electron chi connectivity index (χ4n) is 2.32. The van der Waals surface area contributed by atoms with Crippen LogP contribution in [-0.4, -0.2) is 58.3 Å². The number of carboxylic acids is 1. The van der Waals surface area contributed by atoms with Gasteiger partial charge in [0.05, 0.1) is 0 Å². The maximum Gasteiger partial charge on any atom is 0.326 e. The van der Waals surface area contributed by atoms with Crippen molar-refractivity contribution in [2.24, 2.45) is 11.5 Å². The van der Waals surface area contributed by atoms with Gasteiger partial charge >= 0.3 is 5.97 Å². The zero-order valence-corrected chi connectivity index (χ0v) is 11.0. The van der Waals surface area contributed by atoms with Gasteiger partial charge in [-0.25, -0.2) is 4.79 Å². The van der Waals surface area contributed by atoms with Crippen LogP contribution in [0, 0.1) is 0 Å². The number of aliphatic hydroxyl groups excluding tert-OH is 1. The second-order valence-electron chi connectivity index (χ2n) is 4.92. The number of hydrogen-bond acceptors (Lipinski definition) is 5. The van der Waals surface area contributed by atoms with Crippen molar-refractivity contribution in [1.29, 1.82) is 0 Å². The zero-order chi connectivity index (χ0) is 14.4. The van der Waals surface area contributed by atoms with Crippen molar-refractivity contribution >= 4 is 11.9 Å². The summed E-state index contributed by atoms with van der Waals surface area (Å²) in [7, 11) is 0. The quantitative estimate of drug-likeness (QED) is 0.435. The first-order valence-corrected chi connectivity index (χ1v) is 6.66. The molecule has 1 fully saturated rings. The predicted octanol–water partition coefficient (Wildman–Crippen LogP) is -1.12. The number of carbonyl (C=O) groups is 2. The second-order valence-corrected chi connectivity index (χ2v) is 4.92. The second kappa shape index (κ2) is 7.42. The minimum absolute atomic E-state index is 0.363. The van der Waals surface area contributed by atoms with E-state index >= 15 is 0 Å². The summed E-state index contributed by atoms with van der Waals surface area (Å²) in [4.78, 5) is 24.3. The van der Waals surface area contributed by atoms with Crippen molar-refractivity contribution in [2.75, 3.05) is 13.1 Å². The molecule has 1 saturated heterocycles. The van der Waals surface area contributed by atoms with E-state index in [1.807, 2.05) is 0 Å². The monoisotopic (exact) mass is 273 g/mol. The molecule has 0 bridgehead atoms.